The molecule has 0 amide bonds. The minimum absolute atomic E-state index is 0.0235. The Kier molecular flexibility index (Phi) is 8.12. The fourth-order valence-corrected chi connectivity index (χ4v) is 5.57. The second kappa shape index (κ2) is 11.0. The summed E-state index contributed by atoms with van der Waals surface area (Å²) in [6, 6.07) is 6.39. The van der Waals surface area contributed by atoms with Crippen molar-refractivity contribution in [3.05, 3.63) is 64.9 Å². The maximum Gasteiger partial charge on any atom is 0.185 e. The number of carbonyl (C=O) groups excluding carboxylic acids is 2. The van der Waals surface area contributed by atoms with Gasteiger partial charge in [-0.15, -0.1) is 0 Å². The molecule has 3 heterocycles. The largest absolute Gasteiger partial charge is 0.355 e. The van der Waals surface area contributed by atoms with E-state index in [9.17, 15) is 18.4 Å². The van der Waals surface area contributed by atoms with Gasteiger partial charge in [0.15, 0.2) is 11.5 Å². The Labute approximate surface area is 228 Å². The Morgan fingerprint density at radius 1 is 1.05 bits per heavy atom. The minimum atomic E-state index is -0.800. The molecule has 0 atom stereocenters. The number of Topliss-reactive ketones (excluding diaryl/α,β-unsaturated/α-hetero) is 2. The van der Waals surface area contributed by atoms with Gasteiger partial charge in [0.05, 0.1) is 5.56 Å². The summed E-state index contributed by atoms with van der Waals surface area (Å²) in [6.07, 6.45) is 0.624. The third-order valence-corrected chi connectivity index (χ3v) is 7.07. The number of aryl methyl sites for hydroxylation is 2. The third kappa shape index (κ3) is 6.82. The SMILES string of the molecule is Cc1cc(C)nc(C(C)(C)CC(=O)CC2(CC(=O)c3cc(-c4ccc(F)cc4F)on3)CN(CC(C)C)C2)n1. The number of halogens is 2. The molecule has 1 aromatic carbocycles. The number of likely N-dealkylation sites (tertiary alicyclic amines) is 1. The Balaban J connectivity index is 1.49. The van der Waals surface area contributed by atoms with E-state index >= 15 is 0 Å². The fraction of sp³-hybridized carbons (Fsp3) is 0.500. The predicted octanol–water partition coefficient (Wildman–Crippen LogP) is 5.88. The summed E-state index contributed by atoms with van der Waals surface area (Å²) in [5.41, 5.74) is 0.720. The van der Waals surface area contributed by atoms with E-state index in [1.165, 1.54) is 12.1 Å². The lowest BCUT2D eigenvalue weighted by molar-refractivity contribution is -0.126. The number of nitrogens with zero attached hydrogens (tertiary/aromatic N) is 4. The van der Waals surface area contributed by atoms with Crippen LogP contribution in [0.4, 0.5) is 8.78 Å². The molecule has 0 bridgehead atoms. The van der Waals surface area contributed by atoms with E-state index in [0.717, 1.165) is 30.1 Å². The highest BCUT2D eigenvalue weighted by Gasteiger charge is 2.46. The van der Waals surface area contributed by atoms with Gasteiger partial charge >= 0.3 is 0 Å². The molecule has 0 N–H and O–H groups in total. The summed E-state index contributed by atoms with van der Waals surface area (Å²) in [4.78, 5) is 38.1. The van der Waals surface area contributed by atoms with Crippen LogP contribution in [0.15, 0.2) is 34.9 Å². The molecule has 4 rings (SSSR count). The van der Waals surface area contributed by atoms with Crippen molar-refractivity contribution in [3.63, 3.8) is 0 Å². The highest BCUT2D eigenvalue weighted by atomic mass is 19.1. The Hall–Kier alpha value is -3.33. The summed E-state index contributed by atoms with van der Waals surface area (Å²) < 4.78 is 32.7. The first-order valence-electron chi connectivity index (χ1n) is 13.3. The summed E-state index contributed by atoms with van der Waals surface area (Å²) in [7, 11) is 0. The summed E-state index contributed by atoms with van der Waals surface area (Å²) in [6.45, 7) is 14.2. The van der Waals surface area contributed by atoms with Gasteiger partial charge in [0, 0.05) is 73.2 Å². The van der Waals surface area contributed by atoms with Gasteiger partial charge in [-0.3, -0.25) is 9.59 Å². The molecule has 9 heteroatoms. The molecule has 0 spiro atoms. The molecular formula is C30H36F2N4O3. The van der Waals surface area contributed by atoms with Gasteiger partial charge in [-0.1, -0.05) is 32.9 Å². The lowest BCUT2D eigenvalue weighted by atomic mass is 9.69. The maximum absolute atomic E-state index is 14.2. The van der Waals surface area contributed by atoms with Crippen molar-refractivity contribution in [2.75, 3.05) is 19.6 Å². The molecule has 1 aliphatic heterocycles. The standard InChI is InChI=1S/C30H36F2N4O3/c1-18(2)15-36-16-30(17-36,13-22(37)12-29(5,6)28-33-19(3)9-20(4)34-28)14-26(38)25-11-27(39-35-25)23-8-7-21(31)10-24(23)32/h7-11,18H,12-17H2,1-6H3. The summed E-state index contributed by atoms with van der Waals surface area (Å²) >= 11 is 0. The van der Waals surface area contributed by atoms with Gasteiger partial charge in [-0.2, -0.15) is 0 Å². The number of rotatable bonds is 11. The molecule has 3 aromatic rings. The summed E-state index contributed by atoms with van der Waals surface area (Å²) in [5, 5.41) is 3.86. The van der Waals surface area contributed by atoms with Crippen LogP contribution < -0.4 is 0 Å². The number of hydrogen-bond acceptors (Lipinski definition) is 7. The van der Waals surface area contributed by atoms with Crippen LogP contribution in [0.3, 0.4) is 0 Å². The molecule has 0 unspecified atom stereocenters. The third-order valence-electron chi connectivity index (χ3n) is 7.07. The number of aromatic nitrogens is 3. The molecule has 2 aromatic heterocycles. The van der Waals surface area contributed by atoms with Crippen LogP contribution in [0.1, 0.15) is 74.7 Å². The van der Waals surface area contributed by atoms with Crippen LogP contribution in [0.2, 0.25) is 0 Å². The smallest absolute Gasteiger partial charge is 0.185 e. The van der Waals surface area contributed by atoms with E-state index < -0.39 is 22.5 Å². The molecule has 1 saturated heterocycles. The fourth-order valence-electron chi connectivity index (χ4n) is 5.57. The number of hydrogen-bond donors (Lipinski definition) is 0. The highest BCUT2D eigenvalue weighted by molar-refractivity contribution is 5.96. The van der Waals surface area contributed by atoms with Crippen LogP contribution in [0.5, 0.6) is 0 Å². The van der Waals surface area contributed by atoms with Crippen molar-refractivity contribution in [1.29, 1.82) is 0 Å². The Morgan fingerprint density at radius 2 is 1.72 bits per heavy atom. The first kappa shape index (κ1) is 28.7. The zero-order valence-corrected chi connectivity index (χ0v) is 23.5. The van der Waals surface area contributed by atoms with Crippen molar-refractivity contribution >= 4 is 11.6 Å². The lowest BCUT2D eigenvalue weighted by Crippen LogP contribution is -2.58. The Morgan fingerprint density at radius 3 is 2.33 bits per heavy atom. The average Bonchev–Trinajstić information content (AvgIpc) is 3.26. The van der Waals surface area contributed by atoms with Crippen molar-refractivity contribution < 1.29 is 22.9 Å². The monoisotopic (exact) mass is 538 g/mol. The summed E-state index contributed by atoms with van der Waals surface area (Å²) in [5.74, 6) is -0.593. The van der Waals surface area contributed by atoms with Crippen LogP contribution in [-0.2, 0) is 10.2 Å². The zero-order chi connectivity index (χ0) is 28.5. The van der Waals surface area contributed by atoms with Gasteiger partial charge in [0.2, 0.25) is 0 Å². The average molecular weight is 539 g/mol. The second-order valence-electron chi connectivity index (χ2n) is 12.1. The first-order chi connectivity index (χ1) is 18.2. The Bertz CT molecular complexity index is 1360. The van der Waals surface area contributed by atoms with Crippen molar-refractivity contribution in [1.82, 2.24) is 20.0 Å². The first-order valence-corrected chi connectivity index (χ1v) is 13.3. The van der Waals surface area contributed by atoms with Crippen molar-refractivity contribution in [3.8, 4) is 11.3 Å². The lowest BCUT2D eigenvalue weighted by Gasteiger charge is -2.50. The molecule has 208 valence electrons. The van der Waals surface area contributed by atoms with Crippen LogP contribution in [-0.4, -0.2) is 51.2 Å². The molecule has 39 heavy (non-hydrogen) atoms. The predicted molar refractivity (Wildman–Crippen MR) is 143 cm³/mol. The van der Waals surface area contributed by atoms with Gasteiger partial charge in [0.25, 0.3) is 0 Å². The van der Waals surface area contributed by atoms with Gasteiger partial charge in [-0.25, -0.2) is 18.7 Å². The molecule has 0 radical (unpaired) electrons. The molecule has 0 aliphatic carbocycles. The zero-order valence-electron chi connectivity index (χ0n) is 23.5. The van der Waals surface area contributed by atoms with E-state index in [-0.39, 0.29) is 47.8 Å². The normalized spacial score (nSPS) is 15.4. The van der Waals surface area contributed by atoms with E-state index in [2.05, 4.69) is 33.9 Å². The maximum atomic E-state index is 14.2. The van der Waals surface area contributed by atoms with Gasteiger partial charge < -0.3 is 9.42 Å². The van der Waals surface area contributed by atoms with E-state index in [4.69, 9.17) is 4.52 Å². The highest BCUT2D eigenvalue weighted by Crippen LogP contribution is 2.41. The van der Waals surface area contributed by atoms with Crippen LogP contribution >= 0.6 is 0 Å². The van der Waals surface area contributed by atoms with Crippen molar-refractivity contribution in [2.24, 2.45) is 11.3 Å². The molecule has 1 fully saturated rings. The quantitative estimate of drug-likeness (QED) is 0.282. The van der Waals surface area contributed by atoms with E-state index in [1.807, 2.05) is 33.8 Å². The minimum Gasteiger partial charge on any atom is -0.355 e. The number of carbonyl (C=O) groups is 2. The van der Waals surface area contributed by atoms with Crippen molar-refractivity contribution in [2.45, 2.75) is 66.2 Å². The van der Waals surface area contributed by atoms with Crippen LogP contribution in [0.25, 0.3) is 11.3 Å². The molecule has 7 nitrogen and oxygen atoms in total. The number of ketones is 2. The van der Waals surface area contributed by atoms with Crippen LogP contribution in [0, 0.1) is 36.8 Å². The van der Waals surface area contributed by atoms with E-state index in [0.29, 0.717) is 24.8 Å². The van der Waals surface area contributed by atoms with Gasteiger partial charge in [-0.05, 0) is 38.0 Å². The second-order valence-corrected chi connectivity index (χ2v) is 12.1. The molecule has 1 aliphatic rings. The molecular weight excluding hydrogens is 502 g/mol. The van der Waals surface area contributed by atoms with E-state index in [1.54, 1.807) is 0 Å². The molecule has 0 saturated carbocycles. The number of benzene rings is 1. The van der Waals surface area contributed by atoms with Gasteiger partial charge in [0.1, 0.15) is 28.9 Å². The topological polar surface area (TPSA) is 89.2 Å².